The number of halogens is 1. The third kappa shape index (κ3) is 3.22. The Morgan fingerprint density at radius 1 is 1.26 bits per heavy atom. The normalized spacial score (nSPS) is 10.3. The fourth-order valence-electron chi connectivity index (χ4n) is 1.86. The molecule has 1 heterocycles. The van der Waals surface area contributed by atoms with E-state index >= 15 is 0 Å². The minimum Gasteiger partial charge on any atom is -0.350 e. The van der Waals surface area contributed by atoms with Gasteiger partial charge in [-0.2, -0.15) is 0 Å². The number of rotatable bonds is 2. The Kier molecular flexibility index (Phi) is 4.02. The van der Waals surface area contributed by atoms with Crippen LogP contribution in [0.4, 0.5) is 5.69 Å². The standard InChI is InChI=1S/C14H13ClN2OS/c1-8-7-9(2)16-14(19)12(8)13(18)17-11-5-3-10(15)4-6-11/h3-7H,1-2H3,(H,16,19)(H,17,18). The van der Waals surface area contributed by atoms with Crippen LogP contribution in [0, 0.1) is 18.5 Å². The van der Waals surface area contributed by atoms with Crippen LogP contribution < -0.4 is 5.32 Å². The van der Waals surface area contributed by atoms with Gasteiger partial charge in [0.15, 0.2) is 0 Å². The Hall–Kier alpha value is -1.65. The van der Waals surface area contributed by atoms with Crippen LogP contribution in [0.1, 0.15) is 21.6 Å². The predicted molar refractivity (Wildman–Crippen MR) is 80.5 cm³/mol. The maximum Gasteiger partial charge on any atom is 0.258 e. The lowest BCUT2D eigenvalue weighted by Gasteiger charge is -2.09. The molecule has 0 aliphatic rings. The number of carbonyl (C=O) groups is 1. The van der Waals surface area contributed by atoms with Crippen LogP contribution in [0.3, 0.4) is 0 Å². The van der Waals surface area contributed by atoms with Crippen molar-refractivity contribution < 1.29 is 4.79 Å². The molecule has 1 aromatic heterocycles. The molecule has 0 fully saturated rings. The molecule has 2 N–H and O–H groups in total. The van der Waals surface area contributed by atoms with Gasteiger partial charge < -0.3 is 10.3 Å². The van der Waals surface area contributed by atoms with Crippen molar-refractivity contribution in [2.24, 2.45) is 0 Å². The Morgan fingerprint density at radius 2 is 1.89 bits per heavy atom. The van der Waals surface area contributed by atoms with E-state index in [1.807, 2.05) is 19.9 Å². The summed E-state index contributed by atoms with van der Waals surface area (Å²) in [5, 5.41) is 3.43. The van der Waals surface area contributed by atoms with Crippen molar-refractivity contribution in [3.8, 4) is 0 Å². The molecule has 3 nitrogen and oxygen atoms in total. The monoisotopic (exact) mass is 292 g/mol. The van der Waals surface area contributed by atoms with E-state index in [0.29, 0.717) is 20.9 Å². The molecule has 5 heteroatoms. The first-order valence-electron chi connectivity index (χ1n) is 5.75. The number of aromatic nitrogens is 1. The molecule has 0 atom stereocenters. The second-order valence-electron chi connectivity index (χ2n) is 4.30. The number of hydrogen-bond acceptors (Lipinski definition) is 2. The number of hydrogen-bond donors (Lipinski definition) is 2. The van der Waals surface area contributed by atoms with E-state index in [4.69, 9.17) is 23.8 Å². The van der Waals surface area contributed by atoms with Crippen LogP contribution >= 0.6 is 23.8 Å². The maximum atomic E-state index is 12.2. The van der Waals surface area contributed by atoms with Gasteiger partial charge in [-0.3, -0.25) is 4.79 Å². The van der Waals surface area contributed by atoms with E-state index < -0.39 is 0 Å². The minimum atomic E-state index is -0.221. The molecule has 0 bridgehead atoms. The lowest BCUT2D eigenvalue weighted by atomic mass is 10.1. The molecule has 19 heavy (non-hydrogen) atoms. The van der Waals surface area contributed by atoms with Gasteiger partial charge >= 0.3 is 0 Å². The highest BCUT2D eigenvalue weighted by Crippen LogP contribution is 2.16. The average Bonchev–Trinajstić information content (AvgIpc) is 2.30. The van der Waals surface area contributed by atoms with Gasteiger partial charge in [0.1, 0.15) is 4.64 Å². The molecule has 0 saturated heterocycles. The largest absolute Gasteiger partial charge is 0.350 e. The van der Waals surface area contributed by atoms with Crippen molar-refractivity contribution in [3.63, 3.8) is 0 Å². The first-order valence-corrected chi connectivity index (χ1v) is 6.53. The van der Waals surface area contributed by atoms with E-state index in [1.54, 1.807) is 24.3 Å². The zero-order chi connectivity index (χ0) is 14.0. The molecular weight excluding hydrogens is 280 g/mol. The summed E-state index contributed by atoms with van der Waals surface area (Å²) in [7, 11) is 0. The predicted octanol–water partition coefficient (Wildman–Crippen LogP) is 4.27. The molecule has 2 rings (SSSR count). The number of amides is 1. The molecule has 0 saturated carbocycles. The zero-order valence-corrected chi connectivity index (χ0v) is 12.2. The van der Waals surface area contributed by atoms with Crippen LogP contribution in [0.5, 0.6) is 0 Å². The number of H-pyrrole nitrogens is 1. The second-order valence-corrected chi connectivity index (χ2v) is 5.15. The number of benzene rings is 1. The van der Waals surface area contributed by atoms with Crippen molar-refractivity contribution in [3.05, 3.63) is 56.8 Å². The maximum absolute atomic E-state index is 12.2. The van der Waals surface area contributed by atoms with Crippen LogP contribution in [0.2, 0.25) is 5.02 Å². The molecular formula is C14H13ClN2OS. The van der Waals surface area contributed by atoms with Gasteiger partial charge in [-0.1, -0.05) is 23.8 Å². The van der Waals surface area contributed by atoms with Crippen LogP contribution in [0.25, 0.3) is 0 Å². The molecule has 1 aromatic carbocycles. The number of carbonyl (C=O) groups excluding carboxylic acids is 1. The summed E-state index contributed by atoms with van der Waals surface area (Å²) in [5.41, 5.74) is 2.97. The van der Waals surface area contributed by atoms with Crippen molar-refractivity contribution in [2.45, 2.75) is 13.8 Å². The van der Waals surface area contributed by atoms with Crippen LogP contribution in [0.15, 0.2) is 30.3 Å². The van der Waals surface area contributed by atoms with Gasteiger partial charge in [-0.05, 0) is 49.7 Å². The molecule has 0 radical (unpaired) electrons. The lowest BCUT2D eigenvalue weighted by Crippen LogP contribution is -2.15. The summed E-state index contributed by atoms with van der Waals surface area (Å²) in [6.07, 6.45) is 0. The highest BCUT2D eigenvalue weighted by molar-refractivity contribution is 7.71. The van der Waals surface area contributed by atoms with E-state index in [0.717, 1.165) is 11.3 Å². The smallest absolute Gasteiger partial charge is 0.258 e. The van der Waals surface area contributed by atoms with E-state index in [1.165, 1.54) is 0 Å². The lowest BCUT2D eigenvalue weighted by molar-refractivity contribution is 0.102. The molecule has 0 aliphatic heterocycles. The number of aryl methyl sites for hydroxylation is 2. The number of aromatic amines is 1. The molecule has 0 spiro atoms. The van der Waals surface area contributed by atoms with Crippen molar-refractivity contribution in [2.75, 3.05) is 5.32 Å². The molecule has 2 aromatic rings. The van der Waals surface area contributed by atoms with Crippen molar-refractivity contribution >= 4 is 35.4 Å². The van der Waals surface area contributed by atoms with Gasteiger partial charge in [0.2, 0.25) is 0 Å². The number of nitrogens with one attached hydrogen (secondary N) is 2. The topological polar surface area (TPSA) is 44.9 Å². The Bertz CT molecular complexity index is 677. The average molecular weight is 293 g/mol. The third-order valence-corrected chi connectivity index (χ3v) is 3.25. The highest BCUT2D eigenvalue weighted by atomic mass is 35.5. The Morgan fingerprint density at radius 3 is 2.47 bits per heavy atom. The first-order chi connectivity index (χ1) is 8.97. The molecule has 1 amide bonds. The summed E-state index contributed by atoms with van der Waals surface area (Å²) >= 11 is 11.0. The first kappa shape index (κ1) is 13.8. The van der Waals surface area contributed by atoms with Crippen LogP contribution in [-0.4, -0.2) is 10.9 Å². The van der Waals surface area contributed by atoms with Gasteiger partial charge in [-0.25, -0.2) is 0 Å². The SMILES string of the molecule is Cc1cc(C)c(C(=O)Nc2ccc(Cl)cc2)c(=S)[nH]1. The fraction of sp³-hybridized carbons (Fsp3) is 0.143. The third-order valence-electron chi connectivity index (χ3n) is 2.69. The second kappa shape index (κ2) is 5.55. The van der Waals surface area contributed by atoms with Gasteiger partial charge in [0.25, 0.3) is 5.91 Å². The number of pyridine rings is 1. The Labute approximate surface area is 121 Å². The summed E-state index contributed by atoms with van der Waals surface area (Å²) in [5.74, 6) is -0.221. The zero-order valence-electron chi connectivity index (χ0n) is 10.6. The fourth-order valence-corrected chi connectivity index (χ4v) is 2.40. The van der Waals surface area contributed by atoms with E-state index in [-0.39, 0.29) is 5.91 Å². The molecule has 0 aliphatic carbocycles. The summed E-state index contributed by atoms with van der Waals surface area (Å²) < 4.78 is 0.448. The summed E-state index contributed by atoms with van der Waals surface area (Å²) in [6.45, 7) is 3.77. The van der Waals surface area contributed by atoms with Gasteiger partial charge in [-0.15, -0.1) is 0 Å². The van der Waals surface area contributed by atoms with Crippen molar-refractivity contribution in [1.29, 1.82) is 0 Å². The highest BCUT2D eigenvalue weighted by Gasteiger charge is 2.12. The summed E-state index contributed by atoms with van der Waals surface area (Å²) in [6, 6.07) is 8.83. The number of anilines is 1. The van der Waals surface area contributed by atoms with Gasteiger partial charge in [0.05, 0.1) is 5.56 Å². The minimum absolute atomic E-state index is 0.221. The molecule has 0 unspecified atom stereocenters. The Balaban J connectivity index is 2.30. The van der Waals surface area contributed by atoms with E-state index in [9.17, 15) is 4.79 Å². The van der Waals surface area contributed by atoms with E-state index in [2.05, 4.69) is 10.3 Å². The molecule has 98 valence electrons. The summed E-state index contributed by atoms with van der Waals surface area (Å²) in [4.78, 5) is 15.2. The van der Waals surface area contributed by atoms with Crippen molar-refractivity contribution in [1.82, 2.24) is 4.98 Å². The quantitative estimate of drug-likeness (QED) is 0.812. The van der Waals surface area contributed by atoms with Crippen LogP contribution in [-0.2, 0) is 0 Å². The van der Waals surface area contributed by atoms with Gasteiger partial charge in [0, 0.05) is 16.4 Å².